The number of carbonyl (C=O) groups is 2. The SMILES string of the molecule is CC1(C)C(=O)[C@@H]2O[C@@]1(C)O[C@@]21C=Cc2ccccc2C1=O. The van der Waals surface area contributed by atoms with Gasteiger partial charge in [-0.05, 0) is 32.4 Å². The highest BCUT2D eigenvalue weighted by atomic mass is 16.8. The van der Waals surface area contributed by atoms with E-state index < -0.39 is 22.9 Å². The van der Waals surface area contributed by atoms with Gasteiger partial charge in [-0.25, -0.2) is 0 Å². The maximum atomic E-state index is 12.9. The van der Waals surface area contributed by atoms with Crippen LogP contribution in [0.25, 0.3) is 6.08 Å². The molecular formula is C17H16O4. The van der Waals surface area contributed by atoms with Crippen molar-refractivity contribution in [3.05, 3.63) is 41.5 Å². The van der Waals surface area contributed by atoms with Crippen LogP contribution in [0.2, 0.25) is 0 Å². The van der Waals surface area contributed by atoms with Gasteiger partial charge in [0.2, 0.25) is 5.78 Å². The van der Waals surface area contributed by atoms with Crippen LogP contribution in [-0.4, -0.2) is 29.1 Å². The zero-order valence-corrected chi connectivity index (χ0v) is 12.2. The predicted octanol–water partition coefficient (Wildman–Crippen LogP) is 2.38. The molecule has 0 N–H and O–H groups in total. The van der Waals surface area contributed by atoms with E-state index >= 15 is 0 Å². The van der Waals surface area contributed by atoms with E-state index in [9.17, 15) is 9.59 Å². The number of fused-ring (bicyclic) bond motifs is 4. The molecule has 21 heavy (non-hydrogen) atoms. The number of Topliss-reactive ketones (excluding diaryl/α,β-unsaturated/α-hetero) is 2. The molecule has 1 spiro atoms. The van der Waals surface area contributed by atoms with Crippen LogP contribution in [0.5, 0.6) is 0 Å². The third-order valence-electron chi connectivity index (χ3n) is 5.16. The van der Waals surface area contributed by atoms with Gasteiger partial charge >= 0.3 is 0 Å². The molecule has 4 heteroatoms. The highest BCUT2D eigenvalue weighted by Crippen LogP contribution is 2.57. The van der Waals surface area contributed by atoms with Gasteiger partial charge in [-0.1, -0.05) is 30.3 Å². The van der Waals surface area contributed by atoms with Gasteiger partial charge in [0.1, 0.15) is 0 Å². The fourth-order valence-corrected chi connectivity index (χ4v) is 3.42. The molecule has 3 aliphatic rings. The van der Waals surface area contributed by atoms with Crippen LogP contribution in [0, 0.1) is 5.41 Å². The number of carbonyl (C=O) groups excluding carboxylic acids is 2. The molecular weight excluding hydrogens is 268 g/mol. The van der Waals surface area contributed by atoms with Crippen molar-refractivity contribution < 1.29 is 19.1 Å². The summed E-state index contributed by atoms with van der Waals surface area (Å²) in [5, 5.41) is 0. The summed E-state index contributed by atoms with van der Waals surface area (Å²) in [5.41, 5.74) is -0.648. The van der Waals surface area contributed by atoms with Crippen molar-refractivity contribution in [3.8, 4) is 0 Å². The molecule has 2 heterocycles. The fraction of sp³-hybridized carbons (Fsp3) is 0.412. The lowest BCUT2D eigenvalue weighted by Gasteiger charge is -2.42. The van der Waals surface area contributed by atoms with Gasteiger partial charge < -0.3 is 9.47 Å². The molecule has 2 saturated heterocycles. The molecule has 108 valence electrons. The van der Waals surface area contributed by atoms with E-state index in [0.29, 0.717) is 5.56 Å². The zero-order valence-electron chi connectivity index (χ0n) is 12.2. The van der Waals surface area contributed by atoms with Crippen LogP contribution in [0.4, 0.5) is 0 Å². The third-order valence-corrected chi connectivity index (χ3v) is 5.16. The van der Waals surface area contributed by atoms with E-state index in [-0.39, 0.29) is 11.6 Å². The second-order valence-electron chi connectivity index (χ2n) is 6.58. The Labute approximate surface area is 122 Å². The molecule has 2 aliphatic heterocycles. The lowest BCUT2D eigenvalue weighted by atomic mass is 9.71. The average Bonchev–Trinajstić information content (AvgIpc) is 2.86. The van der Waals surface area contributed by atoms with Crippen molar-refractivity contribution in [2.45, 2.75) is 38.3 Å². The number of rotatable bonds is 0. The Bertz CT molecular complexity index is 717. The van der Waals surface area contributed by atoms with Crippen molar-refractivity contribution >= 4 is 17.6 Å². The maximum absolute atomic E-state index is 12.9. The number of hydrogen-bond acceptors (Lipinski definition) is 4. The molecule has 2 bridgehead atoms. The minimum absolute atomic E-state index is 0.0753. The Hall–Kier alpha value is -1.78. The van der Waals surface area contributed by atoms with E-state index in [1.165, 1.54) is 0 Å². The predicted molar refractivity (Wildman–Crippen MR) is 75.7 cm³/mol. The quantitative estimate of drug-likeness (QED) is 0.734. The lowest BCUT2D eigenvalue weighted by Crippen LogP contribution is -2.59. The van der Waals surface area contributed by atoms with Crippen LogP contribution < -0.4 is 0 Å². The van der Waals surface area contributed by atoms with Crippen LogP contribution in [0.3, 0.4) is 0 Å². The van der Waals surface area contributed by atoms with Crippen molar-refractivity contribution in [1.29, 1.82) is 0 Å². The molecule has 0 amide bonds. The summed E-state index contributed by atoms with van der Waals surface area (Å²) < 4.78 is 11.9. The molecule has 2 fully saturated rings. The van der Waals surface area contributed by atoms with Gasteiger partial charge in [0.05, 0.1) is 5.41 Å². The third kappa shape index (κ3) is 1.28. The largest absolute Gasteiger partial charge is 0.334 e. The fourth-order valence-electron chi connectivity index (χ4n) is 3.42. The molecule has 0 radical (unpaired) electrons. The Morgan fingerprint density at radius 2 is 1.81 bits per heavy atom. The van der Waals surface area contributed by atoms with Crippen molar-refractivity contribution in [1.82, 2.24) is 0 Å². The molecule has 1 aromatic rings. The second kappa shape index (κ2) is 3.51. The second-order valence-corrected chi connectivity index (χ2v) is 6.58. The monoisotopic (exact) mass is 284 g/mol. The minimum atomic E-state index is -1.31. The minimum Gasteiger partial charge on any atom is -0.334 e. The summed E-state index contributed by atoms with van der Waals surface area (Å²) in [7, 11) is 0. The van der Waals surface area contributed by atoms with Gasteiger partial charge in [0.15, 0.2) is 23.3 Å². The van der Waals surface area contributed by atoms with Crippen molar-refractivity contribution in [2.75, 3.05) is 0 Å². The van der Waals surface area contributed by atoms with Gasteiger partial charge in [0.25, 0.3) is 0 Å². The summed E-state index contributed by atoms with van der Waals surface area (Å²) in [4.78, 5) is 25.6. The lowest BCUT2D eigenvalue weighted by molar-refractivity contribution is -0.206. The summed E-state index contributed by atoms with van der Waals surface area (Å²) >= 11 is 0. The van der Waals surface area contributed by atoms with Gasteiger partial charge in [-0.2, -0.15) is 0 Å². The topological polar surface area (TPSA) is 52.6 Å². The number of ketones is 2. The normalized spacial score (nSPS) is 39.1. The highest BCUT2D eigenvalue weighted by molar-refractivity contribution is 6.14. The Morgan fingerprint density at radius 3 is 2.48 bits per heavy atom. The molecule has 0 saturated carbocycles. The molecule has 0 unspecified atom stereocenters. The van der Waals surface area contributed by atoms with Crippen molar-refractivity contribution in [3.63, 3.8) is 0 Å². The first kappa shape index (κ1) is 12.9. The van der Waals surface area contributed by atoms with E-state index in [1.54, 1.807) is 32.9 Å². The van der Waals surface area contributed by atoms with Crippen LogP contribution >= 0.6 is 0 Å². The van der Waals surface area contributed by atoms with Gasteiger partial charge in [-0.15, -0.1) is 0 Å². The van der Waals surface area contributed by atoms with Crippen molar-refractivity contribution in [2.24, 2.45) is 5.41 Å². The van der Waals surface area contributed by atoms with E-state index in [2.05, 4.69) is 0 Å². The molecule has 4 nitrogen and oxygen atoms in total. The van der Waals surface area contributed by atoms with Crippen LogP contribution in [0.15, 0.2) is 30.3 Å². The maximum Gasteiger partial charge on any atom is 0.202 e. The molecule has 1 aromatic carbocycles. The number of hydrogen-bond donors (Lipinski definition) is 0. The van der Waals surface area contributed by atoms with E-state index in [1.807, 2.05) is 24.3 Å². The molecule has 4 rings (SSSR count). The number of benzene rings is 1. The zero-order chi connectivity index (χ0) is 15.0. The first-order valence-electron chi connectivity index (χ1n) is 7.07. The molecule has 1 aliphatic carbocycles. The Morgan fingerprint density at radius 1 is 1.10 bits per heavy atom. The average molecular weight is 284 g/mol. The molecule has 3 atom stereocenters. The Kier molecular flexibility index (Phi) is 2.16. The van der Waals surface area contributed by atoms with Crippen LogP contribution in [-0.2, 0) is 14.3 Å². The number of ether oxygens (including phenoxy) is 2. The smallest absolute Gasteiger partial charge is 0.202 e. The first-order chi connectivity index (χ1) is 9.82. The first-order valence-corrected chi connectivity index (χ1v) is 7.07. The van der Waals surface area contributed by atoms with Gasteiger partial charge in [0, 0.05) is 5.56 Å². The summed E-state index contributed by atoms with van der Waals surface area (Å²) in [5.74, 6) is -1.34. The summed E-state index contributed by atoms with van der Waals surface area (Å²) in [6.45, 7) is 5.33. The summed E-state index contributed by atoms with van der Waals surface area (Å²) in [6, 6.07) is 7.32. The van der Waals surface area contributed by atoms with Gasteiger partial charge in [-0.3, -0.25) is 9.59 Å². The molecule has 0 aromatic heterocycles. The van der Waals surface area contributed by atoms with E-state index in [0.717, 1.165) is 5.56 Å². The van der Waals surface area contributed by atoms with Crippen LogP contribution in [0.1, 0.15) is 36.7 Å². The highest BCUT2D eigenvalue weighted by Gasteiger charge is 2.74. The van der Waals surface area contributed by atoms with E-state index in [4.69, 9.17) is 9.47 Å². The Balaban J connectivity index is 1.87. The summed E-state index contributed by atoms with van der Waals surface area (Å²) in [6.07, 6.45) is 2.65. The standard InChI is InChI=1S/C17H16O4/c1-15(2)13(19)14-17(21-16(15,3)20-14)9-8-10-6-4-5-7-11(10)12(17)18/h4-9,14H,1-3H3/t14-,16-,17+/m0/s1.